The van der Waals surface area contributed by atoms with Crippen molar-refractivity contribution in [2.75, 3.05) is 14.2 Å². The third-order valence-corrected chi connectivity index (χ3v) is 1.66. The highest BCUT2D eigenvalue weighted by Crippen LogP contribution is 2.39. The average molecular weight is 199 g/mol. The third-order valence-electron chi connectivity index (χ3n) is 1.66. The minimum atomic E-state index is -0.652. The summed E-state index contributed by atoms with van der Waals surface area (Å²) in [5.74, 6) is -0.288. The minimum Gasteiger partial charge on any atom is -0.504 e. The summed E-state index contributed by atoms with van der Waals surface area (Å²) in [5, 5.41) is 19.9. The Bertz CT molecular complexity index is 363. The number of phenolic OH excluding ortho intramolecular Hbond substituents is 1. The molecule has 76 valence electrons. The second kappa shape index (κ2) is 3.82. The van der Waals surface area contributed by atoms with Crippen LogP contribution in [0.3, 0.4) is 0 Å². The zero-order valence-electron chi connectivity index (χ0n) is 7.68. The van der Waals surface area contributed by atoms with Crippen molar-refractivity contribution in [1.82, 2.24) is 0 Å². The van der Waals surface area contributed by atoms with E-state index in [1.165, 1.54) is 26.4 Å². The number of nitrogens with zero attached hydrogens (tertiary/aromatic N) is 1. The van der Waals surface area contributed by atoms with Crippen molar-refractivity contribution in [3.63, 3.8) is 0 Å². The van der Waals surface area contributed by atoms with Gasteiger partial charge in [0, 0.05) is 6.07 Å². The van der Waals surface area contributed by atoms with Gasteiger partial charge in [-0.3, -0.25) is 10.1 Å². The van der Waals surface area contributed by atoms with Crippen LogP contribution in [0.5, 0.6) is 17.2 Å². The van der Waals surface area contributed by atoms with Crippen LogP contribution >= 0.6 is 0 Å². The molecule has 14 heavy (non-hydrogen) atoms. The minimum absolute atomic E-state index is 0.171. The molecule has 1 aromatic rings. The lowest BCUT2D eigenvalue weighted by atomic mass is 10.2. The van der Waals surface area contributed by atoms with Crippen LogP contribution in [0.15, 0.2) is 12.1 Å². The highest BCUT2D eigenvalue weighted by molar-refractivity contribution is 5.59. The van der Waals surface area contributed by atoms with Crippen molar-refractivity contribution in [2.24, 2.45) is 0 Å². The van der Waals surface area contributed by atoms with Crippen molar-refractivity contribution >= 4 is 5.69 Å². The summed E-state index contributed by atoms with van der Waals surface area (Å²) in [4.78, 5) is 9.91. The van der Waals surface area contributed by atoms with E-state index in [1.54, 1.807) is 0 Å². The maximum absolute atomic E-state index is 10.6. The number of hydrogen-bond donors (Lipinski definition) is 1. The zero-order valence-corrected chi connectivity index (χ0v) is 7.68. The van der Waals surface area contributed by atoms with Gasteiger partial charge in [-0.15, -0.1) is 0 Å². The molecule has 0 aromatic heterocycles. The fourth-order valence-electron chi connectivity index (χ4n) is 1.04. The molecule has 0 spiro atoms. The Morgan fingerprint density at radius 3 is 2.43 bits per heavy atom. The van der Waals surface area contributed by atoms with Crippen LogP contribution in [0.1, 0.15) is 0 Å². The summed E-state index contributed by atoms with van der Waals surface area (Å²) in [6, 6.07) is 2.42. The predicted molar refractivity (Wildman–Crippen MR) is 47.9 cm³/mol. The van der Waals surface area contributed by atoms with Gasteiger partial charge in [-0.2, -0.15) is 0 Å². The number of phenols is 1. The summed E-state index contributed by atoms with van der Waals surface area (Å²) in [5.41, 5.74) is -0.329. The summed E-state index contributed by atoms with van der Waals surface area (Å²) >= 11 is 0. The van der Waals surface area contributed by atoms with Crippen LogP contribution < -0.4 is 9.47 Å². The van der Waals surface area contributed by atoms with Crippen LogP contribution in [0.4, 0.5) is 5.69 Å². The van der Waals surface area contributed by atoms with Crippen molar-refractivity contribution < 1.29 is 19.5 Å². The first-order chi connectivity index (χ1) is 6.60. The van der Waals surface area contributed by atoms with Gasteiger partial charge in [-0.25, -0.2) is 0 Å². The molecule has 0 bridgehead atoms. The smallest absolute Gasteiger partial charge is 0.318 e. The van der Waals surface area contributed by atoms with Crippen LogP contribution in [0.25, 0.3) is 0 Å². The Balaban J connectivity index is 3.35. The van der Waals surface area contributed by atoms with Gasteiger partial charge in [-0.1, -0.05) is 0 Å². The van der Waals surface area contributed by atoms with Crippen LogP contribution in [-0.4, -0.2) is 24.2 Å². The lowest BCUT2D eigenvalue weighted by Gasteiger charge is -2.06. The highest BCUT2D eigenvalue weighted by Gasteiger charge is 2.20. The number of methoxy groups -OCH3 is 2. The first-order valence-corrected chi connectivity index (χ1v) is 3.69. The molecule has 0 atom stereocenters. The van der Waals surface area contributed by atoms with Crippen molar-refractivity contribution in [1.29, 1.82) is 0 Å². The molecular formula is C8H9NO5. The Morgan fingerprint density at radius 1 is 1.36 bits per heavy atom. The Hall–Kier alpha value is -1.98. The maximum atomic E-state index is 10.6. The van der Waals surface area contributed by atoms with E-state index in [0.29, 0.717) is 0 Å². The fraction of sp³-hybridized carbons (Fsp3) is 0.250. The molecule has 0 aliphatic heterocycles. The number of rotatable bonds is 3. The van der Waals surface area contributed by atoms with E-state index in [0.717, 1.165) is 0 Å². The summed E-state index contributed by atoms with van der Waals surface area (Å²) in [7, 11) is 2.60. The molecule has 6 heteroatoms. The molecule has 0 heterocycles. The topological polar surface area (TPSA) is 81.8 Å². The Labute approximate surface area is 79.8 Å². The van der Waals surface area contributed by atoms with Crippen LogP contribution in [-0.2, 0) is 0 Å². The van der Waals surface area contributed by atoms with Gasteiger partial charge >= 0.3 is 5.69 Å². The van der Waals surface area contributed by atoms with Gasteiger partial charge < -0.3 is 14.6 Å². The monoisotopic (exact) mass is 199 g/mol. The number of nitro groups is 1. The van der Waals surface area contributed by atoms with Gasteiger partial charge in [0.15, 0.2) is 5.75 Å². The molecular weight excluding hydrogens is 190 g/mol. The van der Waals surface area contributed by atoms with E-state index >= 15 is 0 Å². The van der Waals surface area contributed by atoms with Crippen molar-refractivity contribution in [3.8, 4) is 17.2 Å². The number of hydrogen-bond acceptors (Lipinski definition) is 5. The van der Waals surface area contributed by atoms with Gasteiger partial charge in [0.25, 0.3) is 0 Å². The number of benzene rings is 1. The lowest BCUT2D eigenvalue weighted by molar-refractivity contribution is -0.385. The van der Waals surface area contributed by atoms with E-state index in [1.807, 2.05) is 0 Å². The first-order valence-electron chi connectivity index (χ1n) is 3.69. The number of aromatic hydroxyl groups is 1. The van der Waals surface area contributed by atoms with Gasteiger partial charge in [0.2, 0.25) is 5.75 Å². The average Bonchev–Trinajstić information content (AvgIpc) is 2.16. The molecule has 0 aliphatic carbocycles. The highest BCUT2D eigenvalue weighted by atomic mass is 16.6. The van der Waals surface area contributed by atoms with E-state index in [2.05, 4.69) is 4.74 Å². The van der Waals surface area contributed by atoms with Gasteiger partial charge in [0.05, 0.1) is 25.2 Å². The zero-order chi connectivity index (χ0) is 10.7. The van der Waals surface area contributed by atoms with Gasteiger partial charge in [-0.05, 0) is 0 Å². The number of nitro benzene ring substituents is 1. The summed E-state index contributed by atoms with van der Waals surface area (Å²) < 4.78 is 9.46. The molecule has 0 radical (unpaired) electrons. The summed E-state index contributed by atoms with van der Waals surface area (Å²) in [6.07, 6.45) is 0. The largest absolute Gasteiger partial charge is 0.504 e. The molecule has 6 nitrogen and oxygen atoms in total. The van der Waals surface area contributed by atoms with Gasteiger partial charge in [0.1, 0.15) is 5.75 Å². The molecule has 1 rings (SSSR count). The predicted octanol–water partition coefficient (Wildman–Crippen LogP) is 1.32. The molecule has 1 N–H and O–H groups in total. The first kappa shape index (κ1) is 10.1. The van der Waals surface area contributed by atoms with Crippen molar-refractivity contribution in [3.05, 3.63) is 22.2 Å². The van der Waals surface area contributed by atoms with E-state index in [4.69, 9.17) is 4.74 Å². The van der Waals surface area contributed by atoms with E-state index in [-0.39, 0.29) is 22.9 Å². The Morgan fingerprint density at radius 2 is 2.00 bits per heavy atom. The Kier molecular flexibility index (Phi) is 2.76. The maximum Gasteiger partial charge on any atom is 0.318 e. The number of ether oxygens (including phenoxy) is 2. The molecule has 0 saturated heterocycles. The molecule has 0 unspecified atom stereocenters. The SMILES string of the molecule is COc1cc(O)c(OC)c([N+](=O)[O-])c1. The molecule has 1 aromatic carbocycles. The van der Waals surface area contributed by atoms with E-state index < -0.39 is 4.92 Å². The van der Waals surface area contributed by atoms with Crippen LogP contribution in [0.2, 0.25) is 0 Å². The van der Waals surface area contributed by atoms with Crippen LogP contribution in [0, 0.1) is 10.1 Å². The van der Waals surface area contributed by atoms with Crippen molar-refractivity contribution in [2.45, 2.75) is 0 Å². The molecule has 0 fully saturated rings. The molecule has 0 aliphatic rings. The second-order valence-corrected chi connectivity index (χ2v) is 2.46. The lowest BCUT2D eigenvalue weighted by Crippen LogP contribution is -1.95. The summed E-state index contributed by atoms with van der Waals surface area (Å²) in [6.45, 7) is 0. The third kappa shape index (κ3) is 1.68. The standard InChI is InChI=1S/C8H9NO5/c1-13-5-3-6(9(11)12)8(14-2)7(10)4-5/h3-4,10H,1-2H3. The molecule has 0 amide bonds. The normalized spacial score (nSPS) is 9.57. The quantitative estimate of drug-likeness (QED) is 0.586. The fourth-order valence-corrected chi connectivity index (χ4v) is 1.04. The molecule has 0 saturated carbocycles. The second-order valence-electron chi connectivity index (χ2n) is 2.46. The van der Waals surface area contributed by atoms with E-state index in [9.17, 15) is 15.2 Å².